The Hall–Kier alpha value is -0.570. The third-order valence-electron chi connectivity index (χ3n) is 4.34. The van der Waals surface area contributed by atoms with Gasteiger partial charge in [0.25, 0.3) is 0 Å². The Kier molecular flexibility index (Phi) is 3.76. The van der Waals surface area contributed by atoms with E-state index in [1.165, 1.54) is 32.1 Å². The van der Waals surface area contributed by atoms with Gasteiger partial charge in [-0.1, -0.05) is 19.3 Å². The quantitative estimate of drug-likeness (QED) is 0.760. The highest BCUT2D eigenvalue weighted by molar-refractivity contribution is 5.86. The van der Waals surface area contributed by atoms with E-state index in [1.807, 2.05) is 13.8 Å². The molecular formula is C14H26N2O. The first-order valence-electron chi connectivity index (χ1n) is 7.10. The molecule has 1 saturated carbocycles. The van der Waals surface area contributed by atoms with Crippen LogP contribution in [0.5, 0.6) is 0 Å². The average molecular weight is 238 g/mol. The van der Waals surface area contributed by atoms with Gasteiger partial charge in [-0.05, 0) is 46.6 Å². The third-order valence-corrected chi connectivity index (χ3v) is 4.34. The Labute approximate surface area is 105 Å². The van der Waals surface area contributed by atoms with Gasteiger partial charge in [0.05, 0.1) is 5.54 Å². The summed E-state index contributed by atoms with van der Waals surface area (Å²) < 4.78 is 0. The number of carbonyl (C=O) groups is 1. The molecule has 1 heterocycles. The van der Waals surface area contributed by atoms with Crippen molar-refractivity contribution in [1.29, 1.82) is 0 Å². The van der Waals surface area contributed by atoms with Gasteiger partial charge in [0, 0.05) is 12.1 Å². The van der Waals surface area contributed by atoms with E-state index >= 15 is 0 Å². The average Bonchev–Trinajstić information content (AvgIpc) is 2.39. The molecule has 1 N–H and O–H groups in total. The van der Waals surface area contributed by atoms with Gasteiger partial charge in [-0.2, -0.15) is 0 Å². The molecule has 2 rings (SSSR count). The van der Waals surface area contributed by atoms with Crippen LogP contribution in [0.3, 0.4) is 0 Å². The first-order valence-corrected chi connectivity index (χ1v) is 7.10. The molecule has 1 unspecified atom stereocenters. The van der Waals surface area contributed by atoms with Crippen molar-refractivity contribution in [3.8, 4) is 0 Å². The van der Waals surface area contributed by atoms with Gasteiger partial charge >= 0.3 is 0 Å². The van der Waals surface area contributed by atoms with Gasteiger partial charge in [0.15, 0.2) is 0 Å². The molecule has 0 spiro atoms. The van der Waals surface area contributed by atoms with Crippen LogP contribution in [0.15, 0.2) is 0 Å². The number of amides is 1. The Morgan fingerprint density at radius 3 is 2.47 bits per heavy atom. The number of nitrogens with one attached hydrogen (secondary N) is 1. The maximum atomic E-state index is 12.6. The summed E-state index contributed by atoms with van der Waals surface area (Å²) >= 11 is 0. The molecule has 98 valence electrons. The number of rotatable bonds is 1. The molecule has 0 radical (unpaired) electrons. The van der Waals surface area contributed by atoms with Gasteiger partial charge in [0.1, 0.15) is 0 Å². The summed E-state index contributed by atoms with van der Waals surface area (Å²) in [5, 5.41) is 3.38. The van der Waals surface area contributed by atoms with E-state index in [2.05, 4.69) is 17.1 Å². The largest absolute Gasteiger partial charge is 0.335 e. The fourth-order valence-corrected chi connectivity index (χ4v) is 3.22. The first kappa shape index (κ1) is 12.9. The second-order valence-electron chi connectivity index (χ2n) is 6.19. The fraction of sp³-hybridized carbons (Fsp3) is 0.929. The van der Waals surface area contributed by atoms with Crippen molar-refractivity contribution in [2.45, 2.75) is 76.9 Å². The summed E-state index contributed by atoms with van der Waals surface area (Å²) in [7, 11) is 0. The van der Waals surface area contributed by atoms with E-state index in [9.17, 15) is 4.79 Å². The Morgan fingerprint density at radius 1 is 1.18 bits per heavy atom. The van der Waals surface area contributed by atoms with Gasteiger partial charge in [-0.15, -0.1) is 0 Å². The zero-order chi connectivity index (χ0) is 12.5. The van der Waals surface area contributed by atoms with Crippen molar-refractivity contribution < 1.29 is 4.79 Å². The van der Waals surface area contributed by atoms with Crippen LogP contribution in [0, 0.1) is 0 Å². The van der Waals surface area contributed by atoms with Crippen molar-refractivity contribution in [2.75, 3.05) is 6.54 Å². The number of hydrogen-bond acceptors (Lipinski definition) is 2. The van der Waals surface area contributed by atoms with Crippen LogP contribution in [-0.2, 0) is 4.79 Å². The van der Waals surface area contributed by atoms with Gasteiger partial charge in [-0.3, -0.25) is 4.79 Å². The van der Waals surface area contributed by atoms with E-state index in [-0.39, 0.29) is 5.54 Å². The molecule has 3 heteroatoms. The summed E-state index contributed by atoms with van der Waals surface area (Å²) in [6.45, 7) is 7.19. The molecular weight excluding hydrogens is 212 g/mol. The molecule has 1 amide bonds. The molecule has 1 saturated heterocycles. The fourth-order valence-electron chi connectivity index (χ4n) is 3.22. The highest BCUT2D eigenvalue weighted by Crippen LogP contribution is 2.28. The highest BCUT2D eigenvalue weighted by Gasteiger charge is 2.39. The Balaban J connectivity index is 2.17. The van der Waals surface area contributed by atoms with Crippen LogP contribution in [-0.4, -0.2) is 35.0 Å². The maximum Gasteiger partial charge on any atom is 0.242 e. The van der Waals surface area contributed by atoms with Gasteiger partial charge in [-0.25, -0.2) is 0 Å². The lowest BCUT2D eigenvalue weighted by molar-refractivity contribution is -0.141. The Morgan fingerprint density at radius 2 is 1.82 bits per heavy atom. The van der Waals surface area contributed by atoms with Crippen LogP contribution in [0.4, 0.5) is 0 Å². The minimum atomic E-state index is -0.387. The second kappa shape index (κ2) is 4.97. The molecule has 2 aliphatic rings. The predicted octanol–water partition coefficient (Wildman–Crippen LogP) is 2.31. The summed E-state index contributed by atoms with van der Waals surface area (Å²) in [4.78, 5) is 14.8. The molecule has 0 bridgehead atoms. The van der Waals surface area contributed by atoms with Gasteiger partial charge in [0.2, 0.25) is 5.91 Å². The first-order chi connectivity index (χ1) is 8.02. The normalized spacial score (nSPS) is 31.4. The standard InChI is InChI=1S/C14H26N2O/c1-11-9-10-15-14(2,3)13(17)16(11)12-7-5-4-6-8-12/h11-12,15H,4-10H2,1-3H3. The maximum absolute atomic E-state index is 12.6. The summed E-state index contributed by atoms with van der Waals surface area (Å²) in [6.07, 6.45) is 7.39. The van der Waals surface area contributed by atoms with E-state index in [0.717, 1.165) is 13.0 Å². The molecule has 0 aromatic carbocycles. The van der Waals surface area contributed by atoms with Crippen molar-refractivity contribution in [2.24, 2.45) is 0 Å². The number of carbonyl (C=O) groups excluding carboxylic acids is 1. The topological polar surface area (TPSA) is 32.3 Å². The zero-order valence-electron chi connectivity index (χ0n) is 11.5. The molecule has 1 aliphatic heterocycles. The van der Waals surface area contributed by atoms with Crippen LogP contribution in [0.25, 0.3) is 0 Å². The lowest BCUT2D eigenvalue weighted by Gasteiger charge is -2.40. The van der Waals surface area contributed by atoms with Crippen molar-refractivity contribution >= 4 is 5.91 Å². The van der Waals surface area contributed by atoms with Crippen molar-refractivity contribution in [3.63, 3.8) is 0 Å². The summed E-state index contributed by atoms with van der Waals surface area (Å²) in [5.74, 6) is 0.300. The lowest BCUT2D eigenvalue weighted by Crippen LogP contribution is -2.56. The van der Waals surface area contributed by atoms with Crippen LogP contribution in [0.1, 0.15) is 59.3 Å². The smallest absolute Gasteiger partial charge is 0.242 e. The predicted molar refractivity (Wildman–Crippen MR) is 69.9 cm³/mol. The molecule has 2 fully saturated rings. The van der Waals surface area contributed by atoms with Crippen molar-refractivity contribution in [3.05, 3.63) is 0 Å². The van der Waals surface area contributed by atoms with Crippen LogP contribution in [0.2, 0.25) is 0 Å². The second-order valence-corrected chi connectivity index (χ2v) is 6.19. The van der Waals surface area contributed by atoms with E-state index in [0.29, 0.717) is 18.0 Å². The van der Waals surface area contributed by atoms with Crippen LogP contribution >= 0.6 is 0 Å². The van der Waals surface area contributed by atoms with Crippen LogP contribution < -0.4 is 5.32 Å². The Bertz CT molecular complexity index is 282. The highest BCUT2D eigenvalue weighted by atomic mass is 16.2. The van der Waals surface area contributed by atoms with Gasteiger partial charge < -0.3 is 10.2 Å². The van der Waals surface area contributed by atoms with E-state index in [1.54, 1.807) is 0 Å². The lowest BCUT2D eigenvalue weighted by atomic mass is 9.91. The molecule has 0 aromatic heterocycles. The van der Waals surface area contributed by atoms with E-state index < -0.39 is 0 Å². The van der Waals surface area contributed by atoms with E-state index in [4.69, 9.17) is 0 Å². The minimum absolute atomic E-state index is 0.300. The number of nitrogens with zero attached hydrogens (tertiary/aromatic N) is 1. The van der Waals surface area contributed by atoms with Crippen molar-refractivity contribution in [1.82, 2.24) is 10.2 Å². The zero-order valence-corrected chi connectivity index (χ0v) is 11.5. The molecule has 1 atom stereocenters. The monoisotopic (exact) mass is 238 g/mol. The summed E-state index contributed by atoms with van der Waals surface area (Å²) in [6, 6.07) is 0.880. The molecule has 0 aromatic rings. The molecule has 1 aliphatic carbocycles. The number of hydrogen-bond donors (Lipinski definition) is 1. The third kappa shape index (κ3) is 2.65. The summed E-state index contributed by atoms with van der Waals surface area (Å²) in [5.41, 5.74) is -0.387. The molecule has 17 heavy (non-hydrogen) atoms. The molecule has 3 nitrogen and oxygen atoms in total. The SMILES string of the molecule is CC1CCNC(C)(C)C(=O)N1C1CCCCC1. The minimum Gasteiger partial charge on any atom is -0.335 e.